The third-order valence-corrected chi connectivity index (χ3v) is 5.43. The fourth-order valence-electron chi connectivity index (χ4n) is 3.78. The molecular weight excluding hydrogens is 314 g/mol. The lowest BCUT2D eigenvalue weighted by Crippen LogP contribution is -2.54. The molecule has 2 rings (SSSR count). The summed E-state index contributed by atoms with van der Waals surface area (Å²) in [6.45, 7) is 7.03. The Hall–Kier alpha value is -0.540. The molecule has 0 aromatic heterocycles. The number of anilines is 1. The standard InChI is InChI=1S/C17H26BrNO/c1-12(2)14-9-8-13(3)10-17(14,11-20)19-16-7-5-4-6-15(16)18/h4-7,12-14,19-20H,8-11H2,1-3H3. The molecule has 2 nitrogen and oxygen atoms in total. The van der Waals surface area contributed by atoms with Gasteiger partial charge < -0.3 is 10.4 Å². The van der Waals surface area contributed by atoms with Crippen molar-refractivity contribution < 1.29 is 5.11 Å². The van der Waals surface area contributed by atoms with Crippen LogP contribution in [-0.2, 0) is 0 Å². The van der Waals surface area contributed by atoms with Crippen LogP contribution in [0.5, 0.6) is 0 Å². The van der Waals surface area contributed by atoms with Crippen molar-refractivity contribution in [3.8, 4) is 0 Å². The van der Waals surface area contributed by atoms with Crippen LogP contribution in [0.2, 0.25) is 0 Å². The highest BCUT2D eigenvalue weighted by Crippen LogP contribution is 2.43. The lowest BCUT2D eigenvalue weighted by Gasteiger charge is -2.48. The highest BCUT2D eigenvalue weighted by atomic mass is 79.9. The molecule has 1 aromatic carbocycles. The van der Waals surface area contributed by atoms with E-state index in [1.165, 1.54) is 12.8 Å². The Morgan fingerprint density at radius 3 is 2.65 bits per heavy atom. The molecule has 3 unspecified atom stereocenters. The maximum absolute atomic E-state index is 10.2. The van der Waals surface area contributed by atoms with Crippen LogP contribution >= 0.6 is 15.9 Å². The highest BCUT2D eigenvalue weighted by molar-refractivity contribution is 9.10. The zero-order valence-corrected chi connectivity index (χ0v) is 14.3. The van der Waals surface area contributed by atoms with E-state index in [1.807, 2.05) is 18.2 Å². The predicted octanol–water partition coefficient (Wildman–Crippen LogP) is 4.68. The van der Waals surface area contributed by atoms with Gasteiger partial charge in [-0.05, 0) is 58.7 Å². The largest absolute Gasteiger partial charge is 0.394 e. The molecule has 0 aliphatic heterocycles. The van der Waals surface area contributed by atoms with Crippen LogP contribution in [0.3, 0.4) is 0 Å². The Morgan fingerprint density at radius 1 is 1.35 bits per heavy atom. The van der Waals surface area contributed by atoms with Crippen LogP contribution in [0.1, 0.15) is 40.0 Å². The van der Waals surface area contributed by atoms with Crippen LogP contribution in [0.15, 0.2) is 28.7 Å². The summed E-state index contributed by atoms with van der Waals surface area (Å²) in [5.74, 6) is 1.74. The van der Waals surface area contributed by atoms with Crippen LogP contribution in [0, 0.1) is 17.8 Å². The molecule has 2 N–H and O–H groups in total. The first-order valence-electron chi connectivity index (χ1n) is 7.62. The minimum atomic E-state index is -0.199. The maximum Gasteiger partial charge on any atom is 0.0664 e. The third kappa shape index (κ3) is 3.20. The molecule has 20 heavy (non-hydrogen) atoms. The van der Waals surface area contributed by atoms with Crippen molar-refractivity contribution in [3.05, 3.63) is 28.7 Å². The summed E-state index contributed by atoms with van der Waals surface area (Å²) in [7, 11) is 0. The Balaban J connectivity index is 2.32. The van der Waals surface area contributed by atoms with Crippen LogP contribution < -0.4 is 5.32 Å². The Labute approximate surface area is 131 Å². The van der Waals surface area contributed by atoms with E-state index >= 15 is 0 Å². The van der Waals surface area contributed by atoms with Crippen LogP contribution in [0.4, 0.5) is 5.69 Å². The van der Waals surface area contributed by atoms with Gasteiger partial charge in [-0.2, -0.15) is 0 Å². The Kier molecular flexibility index (Phi) is 5.14. The molecule has 3 heteroatoms. The molecular formula is C17H26BrNO. The molecule has 0 saturated heterocycles. The normalized spacial score (nSPS) is 30.5. The monoisotopic (exact) mass is 339 g/mol. The molecule has 0 spiro atoms. The number of benzene rings is 1. The Morgan fingerprint density at radius 2 is 2.05 bits per heavy atom. The number of para-hydroxylation sites is 1. The third-order valence-electron chi connectivity index (χ3n) is 4.74. The van der Waals surface area contributed by atoms with Crippen molar-refractivity contribution >= 4 is 21.6 Å². The molecule has 0 amide bonds. The summed E-state index contributed by atoms with van der Waals surface area (Å²) >= 11 is 3.60. The lowest BCUT2D eigenvalue weighted by atomic mass is 9.65. The summed E-state index contributed by atoms with van der Waals surface area (Å²) < 4.78 is 1.06. The van der Waals surface area contributed by atoms with Crippen LogP contribution in [-0.4, -0.2) is 17.3 Å². The zero-order valence-electron chi connectivity index (χ0n) is 12.7. The summed E-state index contributed by atoms with van der Waals surface area (Å²) in [5, 5.41) is 13.8. The minimum absolute atomic E-state index is 0.196. The lowest BCUT2D eigenvalue weighted by molar-refractivity contribution is 0.0684. The van der Waals surface area contributed by atoms with Crippen molar-refractivity contribution in [1.82, 2.24) is 0 Å². The second kappa shape index (κ2) is 6.48. The average molecular weight is 340 g/mol. The topological polar surface area (TPSA) is 32.3 Å². The van der Waals surface area contributed by atoms with E-state index < -0.39 is 0 Å². The molecule has 1 aliphatic rings. The molecule has 0 radical (unpaired) electrons. The smallest absolute Gasteiger partial charge is 0.0664 e. The molecule has 1 fully saturated rings. The van der Waals surface area contributed by atoms with E-state index in [9.17, 15) is 5.11 Å². The van der Waals surface area contributed by atoms with E-state index in [0.717, 1.165) is 16.6 Å². The van der Waals surface area contributed by atoms with E-state index in [1.54, 1.807) is 0 Å². The molecule has 0 bridgehead atoms. The average Bonchev–Trinajstić information content (AvgIpc) is 2.41. The van der Waals surface area contributed by atoms with E-state index in [-0.39, 0.29) is 12.1 Å². The molecule has 112 valence electrons. The van der Waals surface area contributed by atoms with Gasteiger partial charge in [-0.1, -0.05) is 39.3 Å². The number of aliphatic hydroxyl groups is 1. The van der Waals surface area contributed by atoms with Crippen molar-refractivity contribution in [3.63, 3.8) is 0 Å². The highest BCUT2D eigenvalue weighted by Gasteiger charge is 2.44. The van der Waals surface area contributed by atoms with Gasteiger partial charge in [0.05, 0.1) is 12.1 Å². The maximum atomic E-state index is 10.2. The number of aliphatic hydroxyl groups excluding tert-OH is 1. The predicted molar refractivity (Wildman–Crippen MR) is 88.9 cm³/mol. The minimum Gasteiger partial charge on any atom is -0.394 e. The van der Waals surface area contributed by atoms with Gasteiger partial charge in [0, 0.05) is 10.2 Å². The Bertz CT molecular complexity index is 448. The van der Waals surface area contributed by atoms with Gasteiger partial charge in [0.15, 0.2) is 0 Å². The first kappa shape index (κ1) is 15.8. The molecule has 0 heterocycles. The second-order valence-corrected chi connectivity index (χ2v) is 7.51. The number of rotatable bonds is 4. The fourth-order valence-corrected chi connectivity index (χ4v) is 4.17. The summed E-state index contributed by atoms with van der Waals surface area (Å²) in [6, 6.07) is 8.18. The van der Waals surface area contributed by atoms with Gasteiger partial charge in [0.2, 0.25) is 0 Å². The first-order valence-corrected chi connectivity index (χ1v) is 8.41. The van der Waals surface area contributed by atoms with Crippen LogP contribution in [0.25, 0.3) is 0 Å². The van der Waals surface area contributed by atoms with Crippen molar-refractivity contribution in [2.75, 3.05) is 11.9 Å². The summed E-state index contributed by atoms with van der Waals surface area (Å²) in [4.78, 5) is 0. The second-order valence-electron chi connectivity index (χ2n) is 6.66. The van der Waals surface area contributed by atoms with Gasteiger partial charge in [-0.3, -0.25) is 0 Å². The zero-order chi connectivity index (χ0) is 14.8. The van der Waals surface area contributed by atoms with Gasteiger partial charge in [-0.15, -0.1) is 0 Å². The van der Waals surface area contributed by atoms with E-state index in [0.29, 0.717) is 17.8 Å². The van der Waals surface area contributed by atoms with Crippen molar-refractivity contribution in [2.24, 2.45) is 17.8 Å². The van der Waals surface area contributed by atoms with Gasteiger partial charge in [0.1, 0.15) is 0 Å². The van der Waals surface area contributed by atoms with Gasteiger partial charge in [-0.25, -0.2) is 0 Å². The van der Waals surface area contributed by atoms with E-state index in [2.05, 4.69) is 48.1 Å². The number of hydrogen-bond acceptors (Lipinski definition) is 2. The molecule has 1 aliphatic carbocycles. The number of halogens is 1. The SMILES string of the molecule is CC1CCC(C(C)C)C(CO)(Nc2ccccc2Br)C1. The van der Waals surface area contributed by atoms with Crippen molar-refractivity contribution in [1.29, 1.82) is 0 Å². The van der Waals surface area contributed by atoms with E-state index in [4.69, 9.17) is 0 Å². The molecule has 1 aromatic rings. The first-order chi connectivity index (χ1) is 9.48. The number of hydrogen-bond donors (Lipinski definition) is 2. The summed E-state index contributed by atoms with van der Waals surface area (Å²) in [5.41, 5.74) is 0.886. The van der Waals surface area contributed by atoms with Gasteiger partial charge in [0.25, 0.3) is 0 Å². The van der Waals surface area contributed by atoms with Crippen molar-refractivity contribution in [2.45, 2.75) is 45.6 Å². The number of nitrogens with one attached hydrogen (secondary N) is 1. The fraction of sp³-hybridized carbons (Fsp3) is 0.647. The quantitative estimate of drug-likeness (QED) is 0.834. The summed E-state index contributed by atoms with van der Waals surface area (Å²) in [6.07, 6.45) is 3.49. The molecule has 1 saturated carbocycles. The van der Waals surface area contributed by atoms with Gasteiger partial charge >= 0.3 is 0 Å². The molecule has 3 atom stereocenters.